The number of nitrogens with zero attached hydrogens (tertiary/aromatic N) is 1. The smallest absolute Gasteiger partial charge is 0.300 e. The molecule has 3 aromatic carbocycles. The van der Waals surface area contributed by atoms with E-state index in [2.05, 4.69) is 0 Å². The molecule has 0 saturated carbocycles. The molecule has 1 N–H and O–H groups in total. The molecular formula is C26H20ClNO5. The van der Waals surface area contributed by atoms with Gasteiger partial charge in [0.15, 0.2) is 5.78 Å². The average Bonchev–Trinajstić information content (AvgIpc) is 3.09. The van der Waals surface area contributed by atoms with E-state index in [-0.39, 0.29) is 17.1 Å². The normalized spacial score (nSPS) is 17.3. The minimum Gasteiger partial charge on any atom is -0.507 e. The van der Waals surface area contributed by atoms with E-state index in [9.17, 15) is 19.5 Å². The van der Waals surface area contributed by atoms with Crippen LogP contribution in [0.5, 0.6) is 5.75 Å². The molecule has 0 radical (unpaired) electrons. The second-order valence-corrected chi connectivity index (χ2v) is 7.99. The van der Waals surface area contributed by atoms with Gasteiger partial charge in [-0.3, -0.25) is 19.3 Å². The van der Waals surface area contributed by atoms with E-state index >= 15 is 0 Å². The highest BCUT2D eigenvalue weighted by Crippen LogP contribution is 2.42. The van der Waals surface area contributed by atoms with Gasteiger partial charge >= 0.3 is 0 Å². The van der Waals surface area contributed by atoms with Crippen molar-refractivity contribution in [2.24, 2.45) is 0 Å². The minimum absolute atomic E-state index is 0.0388. The number of ketones is 2. The Morgan fingerprint density at radius 1 is 0.909 bits per heavy atom. The molecular weight excluding hydrogens is 442 g/mol. The third-order valence-corrected chi connectivity index (χ3v) is 5.80. The number of benzene rings is 3. The van der Waals surface area contributed by atoms with Gasteiger partial charge in [0.05, 0.1) is 18.7 Å². The summed E-state index contributed by atoms with van der Waals surface area (Å²) in [5.41, 5.74) is 1.85. The lowest BCUT2D eigenvalue weighted by atomic mass is 9.95. The number of Topliss-reactive ketones (excluding diaryl/α,β-unsaturated/α-hetero) is 2. The SMILES string of the molecule is COc1ccc([C@H]2C(=C(O)c3ccc(Cl)cc3)C(=O)C(=O)N2c2ccc(C(C)=O)cc2)cc1. The molecule has 0 spiro atoms. The van der Waals surface area contributed by atoms with E-state index in [1.54, 1.807) is 72.8 Å². The first-order valence-electron chi connectivity index (χ1n) is 10.1. The summed E-state index contributed by atoms with van der Waals surface area (Å²) in [5.74, 6) is -1.38. The molecule has 3 aromatic rings. The highest BCUT2D eigenvalue weighted by molar-refractivity contribution is 6.51. The number of hydrogen-bond donors (Lipinski definition) is 1. The molecule has 1 aliphatic heterocycles. The van der Waals surface area contributed by atoms with Crippen LogP contribution in [0.15, 0.2) is 78.4 Å². The van der Waals surface area contributed by atoms with Gasteiger partial charge in [0.25, 0.3) is 11.7 Å². The van der Waals surface area contributed by atoms with Crippen LogP contribution in [0.2, 0.25) is 5.02 Å². The van der Waals surface area contributed by atoms with E-state index in [1.807, 2.05) is 0 Å². The zero-order valence-electron chi connectivity index (χ0n) is 17.9. The molecule has 4 rings (SSSR count). The summed E-state index contributed by atoms with van der Waals surface area (Å²) in [6.07, 6.45) is 0. The second kappa shape index (κ2) is 8.92. The Hall–Kier alpha value is -3.90. The fraction of sp³-hybridized carbons (Fsp3) is 0.115. The lowest BCUT2D eigenvalue weighted by Crippen LogP contribution is -2.29. The maximum atomic E-state index is 13.2. The van der Waals surface area contributed by atoms with Crippen LogP contribution in [0.1, 0.15) is 34.5 Å². The van der Waals surface area contributed by atoms with Gasteiger partial charge in [-0.25, -0.2) is 0 Å². The van der Waals surface area contributed by atoms with Crippen molar-refractivity contribution >= 4 is 40.5 Å². The van der Waals surface area contributed by atoms with Crippen LogP contribution in [0.25, 0.3) is 5.76 Å². The van der Waals surface area contributed by atoms with Crippen LogP contribution in [0.4, 0.5) is 5.69 Å². The lowest BCUT2D eigenvalue weighted by molar-refractivity contribution is -0.132. The topological polar surface area (TPSA) is 83.9 Å². The molecule has 7 heteroatoms. The number of aliphatic hydroxyl groups excluding tert-OH is 1. The quantitative estimate of drug-likeness (QED) is 0.245. The van der Waals surface area contributed by atoms with Crippen LogP contribution < -0.4 is 9.64 Å². The number of amides is 1. The lowest BCUT2D eigenvalue weighted by Gasteiger charge is -2.25. The summed E-state index contributed by atoms with van der Waals surface area (Å²) < 4.78 is 5.22. The molecule has 1 fully saturated rings. The van der Waals surface area contributed by atoms with E-state index < -0.39 is 17.7 Å². The molecule has 6 nitrogen and oxygen atoms in total. The molecule has 1 heterocycles. The van der Waals surface area contributed by atoms with Gasteiger partial charge in [-0.2, -0.15) is 0 Å². The van der Waals surface area contributed by atoms with Crippen molar-refractivity contribution in [1.29, 1.82) is 0 Å². The third-order valence-electron chi connectivity index (χ3n) is 5.55. The highest BCUT2D eigenvalue weighted by atomic mass is 35.5. The van der Waals surface area contributed by atoms with Crippen LogP contribution in [0, 0.1) is 0 Å². The number of halogens is 1. The van der Waals surface area contributed by atoms with Gasteiger partial charge in [0.2, 0.25) is 0 Å². The van der Waals surface area contributed by atoms with Crippen molar-refractivity contribution in [3.05, 3.63) is 100 Å². The van der Waals surface area contributed by atoms with Crippen molar-refractivity contribution in [3.8, 4) is 5.75 Å². The van der Waals surface area contributed by atoms with Gasteiger partial charge in [-0.05, 0) is 73.2 Å². The highest BCUT2D eigenvalue weighted by Gasteiger charge is 2.47. The molecule has 0 aromatic heterocycles. The zero-order chi connectivity index (χ0) is 23.7. The molecule has 33 heavy (non-hydrogen) atoms. The molecule has 0 aliphatic carbocycles. The summed E-state index contributed by atoms with van der Waals surface area (Å²) in [7, 11) is 1.54. The molecule has 166 valence electrons. The maximum Gasteiger partial charge on any atom is 0.300 e. The van der Waals surface area contributed by atoms with E-state index in [0.29, 0.717) is 33.1 Å². The maximum absolute atomic E-state index is 13.2. The largest absolute Gasteiger partial charge is 0.507 e. The molecule has 1 atom stereocenters. The fourth-order valence-corrected chi connectivity index (χ4v) is 3.95. The van der Waals surface area contributed by atoms with E-state index in [0.717, 1.165) is 0 Å². The predicted molar refractivity (Wildman–Crippen MR) is 126 cm³/mol. The molecule has 1 aliphatic rings. The Bertz CT molecular complexity index is 1260. The van der Waals surface area contributed by atoms with E-state index in [4.69, 9.17) is 16.3 Å². The van der Waals surface area contributed by atoms with Crippen molar-refractivity contribution < 1.29 is 24.2 Å². The third kappa shape index (κ3) is 4.13. The summed E-state index contributed by atoms with van der Waals surface area (Å²) in [6.45, 7) is 1.45. The summed E-state index contributed by atoms with van der Waals surface area (Å²) in [4.78, 5) is 39.3. The second-order valence-electron chi connectivity index (χ2n) is 7.55. The number of anilines is 1. The minimum atomic E-state index is -0.880. The monoisotopic (exact) mass is 461 g/mol. The van der Waals surface area contributed by atoms with Crippen LogP contribution in [0.3, 0.4) is 0 Å². The molecule has 0 unspecified atom stereocenters. The number of rotatable bonds is 5. The first-order valence-corrected chi connectivity index (χ1v) is 10.5. The number of aliphatic hydroxyl groups is 1. The van der Waals surface area contributed by atoms with Crippen molar-refractivity contribution in [2.45, 2.75) is 13.0 Å². The van der Waals surface area contributed by atoms with Gasteiger partial charge < -0.3 is 9.84 Å². The van der Waals surface area contributed by atoms with E-state index in [1.165, 1.54) is 18.9 Å². The Kier molecular flexibility index (Phi) is 6.03. The standard InChI is InChI=1S/C26H20ClNO5/c1-15(29)16-5-11-20(12-6-16)28-23(17-7-13-21(33-2)14-8-17)22(25(31)26(28)32)24(30)18-3-9-19(27)10-4-18/h3-14,23,30H,1-2H3/t23-/m0/s1. The fourth-order valence-electron chi connectivity index (χ4n) is 3.82. The first kappa shape index (κ1) is 22.3. The first-order chi connectivity index (χ1) is 15.8. The Morgan fingerprint density at radius 3 is 2.03 bits per heavy atom. The Morgan fingerprint density at radius 2 is 1.48 bits per heavy atom. The molecule has 1 saturated heterocycles. The number of carbonyl (C=O) groups is 3. The summed E-state index contributed by atoms with van der Waals surface area (Å²) in [5, 5.41) is 11.6. The summed E-state index contributed by atoms with van der Waals surface area (Å²) >= 11 is 5.96. The van der Waals surface area contributed by atoms with Crippen molar-refractivity contribution in [3.63, 3.8) is 0 Å². The predicted octanol–water partition coefficient (Wildman–Crippen LogP) is 5.18. The number of ether oxygens (including phenoxy) is 1. The van der Waals surface area contributed by atoms with Crippen LogP contribution in [-0.2, 0) is 9.59 Å². The number of carbonyl (C=O) groups excluding carboxylic acids is 3. The Balaban J connectivity index is 1.90. The molecule has 0 bridgehead atoms. The molecule has 1 amide bonds. The zero-order valence-corrected chi connectivity index (χ0v) is 18.7. The number of hydrogen-bond acceptors (Lipinski definition) is 5. The van der Waals surface area contributed by atoms with Crippen molar-refractivity contribution in [2.75, 3.05) is 12.0 Å². The van der Waals surface area contributed by atoms with Crippen LogP contribution >= 0.6 is 11.6 Å². The Labute approximate surface area is 195 Å². The van der Waals surface area contributed by atoms with Gasteiger partial charge in [-0.1, -0.05) is 23.7 Å². The van der Waals surface area contributed by atoms with Gasteiger partial charge in [0, 0.05) is 21.8 Å². The van der Waals surface area contributed by atoms with Gasteiger partial charge in [-0.15, -0.1) is 0 Å². The number of methoxy groups -OCH3 is 1. The van der Waals surface area contributed by atoms with Crippen molar-refractivity contribution in [1.82, 2.24) is 0 Å². The van der Waals surface area contributed by atoms with Gasteiger partial charge in [0.1, 0.15) is 11.5 Å². The summed E-state index contributed by atoms with van der Waals surface area (Å²) in [6, 6.07) is 18.8. The van der Waals surface area contributed by atoms with Crippen LogP contribution in [-0.4, -0.2) is 29.7 Å². The average molecular weight is 462 g/mol.